The molecule has 0 aliphatic carbocycles. The van der Waals surface area contributed by atoms with Gasteiger partial charge in [-0.05, 0) is 72.5 Å². The molecule has 4 heterocycles. The lowest BCUT2D eigenvalue weighted by Gasteiger charge is -2.36. The van der Waals surface area contributed by atoms with E-state index in [2.05, 4.69) is 92.8 Å². The summed E-state index contributed by atoms with van der Waals surface area (Å²) in [5, 5.41) is 5.49. The first-order chi connectivity index (χ1) is 30.9. The monoisotopic (exact) mass is 978 g/mol. The first kappa shape index (κ1) is 51.6. The third-order valence-electron chi connectivity index (χ3n) is 11.1. The topological polar surface area (TPSA) is 109 Å². The van der Waals surface area contributed by atoms with Gasteiger partial charge in [0.15, 0.2) is 0 Å². The van der Waals surface area contributed by atoms with Gasteiger partial charge in [0.1, 0.15) is 35.5 Å². The molecule has 2 saturated heterocycles. The molecule has 16 heteroatoms. The Labute approximate surface area is 406 Å². The summed E-state index contributed by atoms with van der Waals surface area (Å²) in [6.07, 6.45) is 1.90. The number of benzene rings is 4. The lowest BCUT2D eigenvalue weighted by atomic mass is 9.96. The standard InChI is InChI=1S/2C25H25ClFN3O2.2ClH/c2*1-17-15-30(16-18-6-3-2-4-7-18)13-12-22(17)32-24-9-5-8-23(28-24)29-25(31)20-11-10-19(27)14-21(20)26;;/h2*2-11,14,17,22H,12-13,15-16H2,1H3,(H,28,29,31);2*1H/t2*17-,22-;;/m10../s1. The van der Waals surface area contributed by atoms with Crippen molar-refractivity contribution in [2.75, 3.05) is 36.8 Å². The normalized spacial score (nSPS) is 18.3. The largest absolute Gasteiger partial charge is 0.474 e. The highest BCUT2D eigenvalue weighted by Crippen LogP contribution is 2.27. The van der Waals surface area contributed by atoms with E-state index in [0.717, 1.165) is 64.2 Å². The number of piperidine rings is 2. The van der Waals surface area contributed by atoms with Gasteiger partial charge in [-0.15, -0.1) is 24.8 Å². The molecule has 2 aliphatic rings. The number of halogens is 6. The Bertz CT molecular complexity index is 2340. The van der Waals surface area contributed by atoms with Gasteiger partial charge in [-0.2, -0.15) is 9.97 Å². The van der Waals surface area contributed by atoms with E-state index in [4.69, 9.17) is 32.7 Å². The zero-order chi connectivity index (χ0) is 45.0. The second-order valence-corrected chi connectivity index (χ2v) is 17.0. The Morgan fingerprint density at radius 1 is 0.591 bits per heavy atom. The fraction of sp³-hybridized carbons (Fsp3) is 0.280. The number of pyridine rings is 2. The molecule has 0 spiro atoms. The number of carbonyl (C=O) groups excluding carboxylic acids is 2. The number of aromatic nitrogens is 2. The molecule has 0 bridgehead atoms. The van der Waals surface area contributed by atoms with Gasteiger partial charge in [0.25, 0.3) is 11.8 Å². The molecule has 0 radical (unpaired) electrons. The summed E-state index contributed by atoms with van der Waals surface area (Å²) < 4.78 is 38.8. The smallest absolute Gasteiger partial charge is 0.258 e. The summed E-state index contributed by atoms with van der Waals surface area (Å²) in [6, 6.07) is 38.7. The molecular weight excluding hydrogens is 928 g/mol. The van der Waals surface area contributed by atoms with Crippen LogP contribution in [0.5, 0.6) is 11.8 Å². The maximum Gasteiger partial charge on any atom is 0.258 e. The van der Waals surface area contributed by atoms with Crippen molar-refractivity contribution in [3.05, 3.63) is 177 Å². The fourth-order valence-electron chi connectivity index (χ4n) is 7.87. The van der Waals surface area contributed by atoms with Crippen LogP contribution in [-0.4, -0.2) is 70.0 Å². The Kier molecular flexibility index (Phi) is 19.5. The minimum Gasteiger partial charge on any atom is -0.474 e. The van der Waals surface area contributed by atoms with Gasteiger partial charge in [-0.3, -0.25) is 19.4 Å². The van der Waals surface area contributed by atoms with Crippen molar-refractivity contribution >= 4 is 71.5 Å². The van der Waals surface area contributed by atoms with Crippen molar-refractivity contribution in [1.82, 2.24) is 19.8 Å². The number of nitrogens with zero attached hydrogens (tertiary/aromatic N) is 4. The van der Waals surface area contributed by atoms with Crippen molar-refractivity contribution in [1.29, 1.82) is 0 Å². The zero-order valence-electron chi connectivity index (χ0n) is 36.4. The van der Waals surface area contributed by atoms with E-state index >= 15 is 0 Å². The lowest BCUT2D eigenvalue weighted by molar-refractivity contribution is 0.0461. The second kappa shape index (κ2) is 25.0. The van der Waals surface area contributed by atoms with E-state index in [1.807, 2.05) is 12.1 Å². The predicted octanol–water partition coefficient (Wildman–Crippen LogP) is 11.7. The Morgan fingerprint density at radius 3 is 1.35 bits per heavy atom. The lowest BCUT2D eigenvalue weighted by Crippen LogP contribution is -2.44. The maximum absolute atomic E-state index is 13.2. The molecule has 4 atom stereocenters. The van der Waals surface area contributed by atoms with Gasteiger partial charge >= 0.3 is 0 Å². The number of carbonyl (C=O) groups is 2. The average molecular weight is 981 g/mol. The van der Waals surface area contributed by atoms with E-state index in [-0.39, 0.29) is 58.2 Å². The first-order valence-corrected chi connectivity index (χ1v) is 22.0. The van der Waals surface area contributed by atoms with Gasteiger partial charge in [0.05, 0.1) is 21.2 Å². The molecule has 2 N–H and O–H groups in total. The van der Waals surface area contributed by atoms with Crippen LogP contribution in [0, 0.1) is 23.5 Å². The highest BCUT2D eigenvalue weighted by Gasteiger charge is 2.29. The van der Waals surface area contributed by atoms with Crippen LogP contribution in [0.2, 0.25) is 10.0 Å². The van der Waals surface area contributed by atoms with Crippen LogP contribution in [0.15, 0.2) is 133 Å². The molecule has 4 aromatic carbocycles. The van der Waals surface area contributed by atoms with Crippen LogP contribution < -0.4 is 20.1 Å². The number of ether oxygens (including phenoxy) is 2. The molecule has 6 aromatic rings. The minimum atomic E-state index is -0.496. The SMILES string of the molecule is C[C@@H]1CN(Cc2ccccc2)CC[C@H]1Oc1cccc(NC(=O)c2ccc(F)cc2Cl)n1.C[C@H]1CN(Cc2ccccc2)CC[C@@H]1Oc1cccc(NC(=O)c2ccc(F)cc2Cl)n1.Cl.Cl. The van der Waals surface area contributed by atoms with Crippen molar-refractivity contribution in [2.45, 2.75) is 52.0 Å². The molecule has 66 heavy (non-hydrogen) atoms. The fourth-order valence-corrected chi connectivity index (χ4v) is 8.37. The van der Waals surface area contributed by atoms with Crippen molar-refractivity contribution in [3.8, 4) is 11.8 Å². The zero-order valence-corrected chi connectivity index (χ0v) is 39.6. The highest BCUT2D eigenvalue weighted by molar-refractivity contribution is 6.34. The Hall–Kier alpha value is -5.34. The number of hydrogen-bond acceptors (Lipinski definition) is 8. The highest BCUT2D eigenvalue weighted by atomic mass is 35.5. The van der Waals surface area contributed by atoms with Crippen LogP contribution in [0.1, 0.15) is 58.5 Å². The van der Waals surface area contributed by atoms with Crippen molar-refractivity contribution < 1.29 is 27.8 Å². The van der Waals surface area contributed by atoms with Gasteiger partial charge in [-0.25, -0.2) is 8.78 Å². The minimum absolute atomic E-state index is 0. The molecule has 2 aromatic heterocycles. The molecule has 348 valence electrons. The average Bonchev–Trinajstić information content (AvgIpc) is 3.27. The van der Waals surface area contributed by atoms with Gasteiger partial charge in [-0.1, -0.05) is 110 Å². The van der Waals surface area contributed by atoms with Crippen LogP contribution in [0.3, 0.4) is 0 Å². The van der Waals surface area contributed by atoms with Gasteiger partial charge in [0, 0.05) is 63.2 Å². The second-order valence-electron chi connectivity index (χ2n) is 16.2. The maximum atomic E-state index is 13.2. The molecular formula is C50H52Cl4F2N6O4. The van der Waals surface area contributed by atoms with Crippen LogP contribution in [0.25, 0.3) is 0 Å². The molecule has 10 nitrogen and oxygen atoms in total. The number of rotatable bonds is 12. The van der Waals surface area contributed by atoms with Crippen molar-refractivity contribution in [3.63, 3.8) is 0 Å². The summed E-state index contributed by atoms with van der Waals surface area (Å²) in [7, 11) is 0. The number of anilines is 2. The van der Waals surface area contributed by atoms with E-state index in [1.54, 1.807) is 36.4 Å². The van der Waals surface area contributed by atoms with Gasteiger partial charge in [0.2, 0.25) is 11.8 Å². The summed E-state index contributed by atoms with van der Waals surface area (Å²) in [6.45, 7) is 10.0. The molecule has 2 fully saturated rings. The van der Waals surface area contributed by atoms with E-state index in [0.29, 0.717) is 35.2 Å². The Morgan fingerprint density at radius 2 is 0.985 bits per heavy atom. The third kappa shape index (κ3) is 14.8. The summed E-state index contributed by atoms with van der Waals surface area (Å²) in [4.78, 5) is 38.7. The molecule has 0 saturated carbocycles. The van der Waals surface area contributed by atoms with E-state index in [9.17, 15) is 18.4 Å². The van der Waals surface area contributed by atoms with Crippen LogP contribution >= 0.6 is 48.0 Å². The summed E-state index contributed by atoms with van der Waals surface area (Å²) in [5.41, 5.74) is 2.98. The van der Waals surface area contributed by atoms with Crippen LogP contribution in [-0.2, 0) is 13.1 Å². The predicted molar refractivity (Wildman–Crippen MR) is 262 cm³/mol. The molecule has 2 amide bonds. The Balaban J connectivity index is 0.000000240. The number of amides is 2. The quantitative estimate of drug-likeness (QED) is 0.125. The van der Waals surface area contributed by atoms with Crippen LogP contribution in [0.4, 0.5) is 20.4 Å². The van der Waals surface area contributed by atoms with E-state index in [1.165, 1.54) is 35.4 Å². The molecule has 8 rings (SSSR count). The van der Waals surface area contributed by atoms with Gasteiger partial charge < -0.3 is 20.1 Å². The third-order valence-corrected chi connectivity index (χ3v) is 11.8. The number of hydrogen-bond donors (Lipinski definition) is 2. The number of likely N-dealkylation sites (tertiary alicyclic amines) is 2. The van der Waals surface area contributed by atoms with E-state index < -0.39 is 23.4 Å². The molecule has 2 aliphatic heterocycles. The van der Waals surface area contributed by atoms with Crippen molar-refractivity contribution in [2.24, 2.45) is 11.8 Å². The first-order valence-electron chi connectivity index (χ1n) is 21.3. The summed E-state index contributed by atoms with van der Waals surface area (Å²) >= 11 is 12.0. The summed E-state index contributed by atoms with van der Waals surface area (Å²) in [5.74, 6) is 0.389. The number of nitrogens with one attached hydrogen (secondary N) is 2. The molecule has 0 unspecified atom stereocenters.